The summed E-state index contributed by atoms with van der Waals surface area (Å²) >= 11 is 7.71. The van der Waals surface area contributed by atoms with Crippen LogP contribution in [0.5, 0.6) is 0 Å². The Kier molecular flexibility index (Phi) is 8.50. The van der Waals surface area contributed by atoms with Gasteiger partial charge in [0.25, 0.3) is 0 Å². The summed E-state index contributed by atoms with van der Waals surface area (Å²) in [5.74, 6) is 1.43. The molecule has 19 heavy (non-hydrogen) atoms. The highest BCUT2D eigenvalue weighted by molar-refractivity contribution is 7.98. The largest absolute Gasteiger partial charge is 0.390 e. The fourth-order valence-corrected chi connectivity index (χ4v) is 2.77. The van der Waals surface area contributed by atoms with Crippen LogP contribution in [0.1, 0.15) is 12.5 Å². The Morgan fingerprint density at radius 1 is 1.32 bits per heavy atom. The van der Waals surface area contributed by atoms with Crippen molar-refractivity contribution in [1.29, 1.82) is 0 Å². The van der Waals surface area contributed by atoms with Crippen LogP contribution in [0.3, 0.4) is 0 Å². The minimum absolute atomic E-state index is 0.00761. The first-order chi connectivity index (χ1) is 9.13. The molecule has 1 rings (SSSR count). The van der Waals surface area contributed by atoms with Crippen LogP contribution in [0.25, 0.3) is 0 Å². The van der Waals surface area contributed by atoms with E-state index >= 15 is 0 Å². The maximum absolute atomic E-state index is 9.79. The van der Waals surface area contributed by atoms with Gasteiger partial charge in [-0.1, -0.05) is 29.8 Å². The molecule has 2 atom stereocenters. The average molecular weight is 305 g/mol. The summed E-state index contributed by atoms with van der Waals surface area (Å²) in [6.45, 7) is 2.80. The summed E-state index contributed by atoms with van der Waals surface area (Å²) < 4.78 is 10.4. The Bertz CT molecular complexity index is 362. The molecule has 1 aromatic rings. The van der Waals surface area contributed by atoms with E-state index in [4.69, 9.17) is 21.1 Å². The van der Waals surface area contributed by atoms with Gasteiger partial charge in [-0.05, 0) is 18.6 Å². The highest BCUT2D eigenvalue weighted by Gasteiger charge is 2.09. The summed E-state index contributed by atoms with van der Waals surface area (Å²) in [5.41, 5.74) is 1.09. The van der Waals surface area contributed by atoms with Crippen LogP contribution < -0.4 is 0 Å². The first-order valence-corrected chi connectivity index (χ1v) is 7.76. The predicted molar refractivity (Wildman–Crippen MR) is 80.9 cm³/mol. The van der Waals surface area contributed by atoms with Crippen LogP contribution in [0.4, 0.5) is 0 Å². The van der Waals surface area contributed by atoms with Crippen molar-refractivity contribution in [1.82, 2.24) is 0 Å². The first-order valence-electron chi connectivity index (χ1n) is 6.23. The van der Waals surface area contributed by atoms with E-state index in [0.29, 0.717) is 19.0 Å². The lowest BCUT2D eigenvalue weighted by atomic mass is 10.2. The summed E-state index contributed by atoms with van der Waals surface area (Å²) in [4.78, 5) is 0. The molecular formula is C14H21ClO3S. The van der Waals surface area contributed by atoms with Gasteiger partial charge in [0.15, 0.2) is 0 Å². The molecule has 3 nitrogen and oxygen atoms in total. The molecule has 0 aliphatic rings. The van der Waals surface area contributed by atoms with Crippen molar-refractivity contribution in [2.24, 2.45) is 0 Å². The van der Waals surface area contributed by atoms with Crippen LogP contribution in [-0.4, -0.2) is 43.4 Å². The molecule has 0 saturated heterocycles. The summed E-state index contributed by atoms with van der Waals surface area (Å²) in [7, 11) is 1.63. The number of methoxy groups -OCH3 is 1. The first kappa shape index (κ1) is 16.8. The second kappa shape index (κ2) is 9.61. The number of thioether (sulfide) groups is 1. The third-order valence-corrected chi connectivity index (χ3v) is 4.00. The van der Waals surface area contributed by atoms with E-state index in [1.807, 2.05) is 31.2 Å². The zero-order valence-corrected chi connectivity index (χ0v) is 12.9. The molecule has 0 aromatic heterocycles. The second-order valence-corrected chi connectivity index (χ2v) is 5.80. The topological polar surface area (TPSA) is 38.7 Å². The van der Waals surface area contributed by atoms with Crippen molar-refractivity contribution in [3.8, 4) is 0 Å². The second-order valence-electron chi connectivity index (χ2n) is 4.36. The third-order valence-electron chi connectivity index (χ3n) is 2.50. The normalized spacial score (nSPS) is 14.3. The number of hydrogen-bond donors (Lipinski definition) is 1. The molecule has 0 heterocycles. The molecule has 0 fully saturated rings. The van der Waals surface area contributed by atoms with Gasteiger partial charge in [-0.15, -0.1) is 0 Å². The van der Waals surface area contributed by atoms with Crippen molar-refractivity contribution in [3.05, 3.63) is 34.9 Å². The van der Waals surface area contributed by atoms with Gasteiger partial charge in [0.1, 0.15) is 0 Å². The highest BCUT2D eigenvalue weighted by atomic mass is 35.5. The van der Waals surface area contributed by atoms with Crippen LogP contribution in [0, 0.1) is 0 Å². The molecule has 0 amide bonds. The maximum atomic E-state index is 9.79. The zero-order chi connectivity index (χ0) is 14.1. The SMILES string of the molecule is COCC(C)OCC(O)CSCc1ccccc1Cl. The monoisotopic (exact) mass is 304 g/mol. The number of benzene rings is 1. The van der Waals surface area contributed by atoms with Crippen molar-refractivity contribution in [2.75, 3.05) is 26.1 Å². The number of aliphatic hydroxyl groups excluding tert-OH is 1. The molecular weight excluding hydrogens is 284 g/mol. The van der Waals surface area contributed by atoms with E-state index in [2.05, 4.69) is 0 Å². The molecule has 1 aromatic carbocycles. The van der Waals surface area contributed by atoms with Crippen LogP contribution in [-0.2, 0) is 15.2 Å². The molecule has 0 spiro atoms. The van der Waals surface area contributed by atoms with Crippen LogP contribution in [0.2, 0.25) is 5.02 Å². The zero-order valence-electron chi connectivity index (χ0n) is 11.3. The van der Waals surface area contributed by atoms with E-state index in [0.717, 1.165) is 16.3 Å². The predicted octanol–water partition coefficient (Wildman–Crippen LogP) is 2.99. The quantitative estimate of drug-likeness (QED) is 0.761. The maximum Gasteiger partial charge on any atom is 0.0864 e. The van der Waals surface area contributed by atoms with E-state index in [9.17, 15) is 5.11 Å². The van der Waals surface area contributed by atoms with Gasteiger partial charge in [-0.25, -0.2) is 0 Å². The van der Waals surface area contributed by atoms with Crippen LogP contribution >= 0.6 is 23.4 Å². The van der Waals surface area contributed by atoms with Gasteiger partial charge in [0.2, 0.25) is 0 Å². The van der Waals surface area contributed by atoms with Crippen molar-refractivity contribution in [2.45, 2.75) is 24.9 Å². The van der Waals surface area contributed by atoms with E-state index in [-0.39, 0.29) is 6.10 Å². The number of ether oxygens (including phenoxy) is 2. The minimum atomic E-state index is -0.466. The molecule has 0 saturated carbocycles. The van der Waals surface area contributed by atoms with Gasteiger partial charge >= 0.3 is 0 Å². The fraction of sp³-hybridized carbons (Fsp3) is 0.571. The van der Waals surface area contributed by atoms with Gasteiger partial charge in [0, 0.05) is 23.6 Å². The molecule has 108 valence electrons. The standard InChI is InChI=1S/C14H21ClO3S/c1-11(7-17-2)18-8-13(16)10-19-9-12-5-3-4-6-14(12)15/h3-6,11,13,16H,7-10H2,1-2H3. The summed E-state index contributed by atoms with van der Waals surface area (Å²) in [5, 5.41) is 10.6. The number of aliphatic hydroxyl groups is 1. The minimum Gasteiger partial charge on any atom is -0.390 e. The van der Waals surface area contributed by atoms with Crippen LogP contribution in [0.15, 0.2) is 24.3 Å². The van der Waals surface area contributed by atoms with Gasteiger partial charge in [-0.3, -0.25) is 0 Å². The van der Waals surface area contributed by atoms with Gasteiger partial charge < -0.3 is 14.6 Å². The van der Waals surface area contributed by atoms with Crippen molar-refractivity contribution in [3.63, 3.8) is 0 Å². The number of halogens is 1. The van der Waals surface area contributed by atoms with Crippen molar-refractivity contribution >= 4 is 23.4 Å². The number of rotatable bonds is 9. The summed E-state index contributed by atoms with van der Waals surface area (Å²) in [6, 6.07) is 7.76. The molecule has 0 aliphatic heterocycles. The average Bonchev–Trinajstić information content (AvgIpc) is 2.39. The Hall–Kier alpha value is -0.260. The smallest absolute Gasteiger partial charge is 0.0864 e. The van der Waals surface area contributed by atoms with Gasteiger partial charge in [-0.2, -0.15) is 11.8 Å². The lowest BCUT2D eigenvalue weighted by Crippen LogP contribution is -2.24. The van der Waals surface area contributed by atoms with E-state index in [1.165, 1.54) is 0 Å². The summed E-state index contributed by atoms with van der Waals surface area (Å²) in [6.07, 6.45) is -0.458. The van der Waals surface area contributed by atoms with E-state index < -0.39 is 6.10 Å². The van der Waals surface area contributed by atoms with Crippen molar-refractivity contribution < 1.29 is 14.6 Å². The Morgan fingerprint density at radius 3 is 2.74 bits per heavy atom. The molecule has 0 aliphatic carbocycles. The molecule has 2 unspecified atom stereocenters. The fourth-order valence-electron chi connectivity index (χ4n) is 1.53. The molecule has 0 bridgehead atoms. The Morgan fingerprint density at radius 2 is 2.05 bits per heavy atom. The Balaban J connectivity index is 2.17. The number of hydrogen-bond acceptors (Lipinski definition) is 4. The lowest BCUT2D eigenvalue weighted by molar-refractivity contribution is -0.0257. The highest BCUT2D eigenvalue weighted by Crippen LogP contribution is 2.21. The molecule has 1 N–H and O–H groups in total. The van der Waals surface area contributed by atoms with E-state index in [1.54, 1.807) is 18.9 Å². The third kappa shape index (κ3) is 7.18. The van der Waals surface area contributed by atoms with Gasteiger partial charge in [0.05, 0.1) is 25.4 Å². The molecule has 0 radical (unpaired) electrons. The Labute approximate surface area is 124 Å². The molecule has 5 heteroatoms. The lowest BCUT2D eigenvalue weighted by Gasteiger charge is -2.15.